The number of nitrogens with one attached hydrogen (secondary N) is 1. The molecule has 8 nitrogen and oxygen atoms in total. The standard InChI is InChI=1S/C25H29ClN4O4S/c1-28-7-6-16-12-17(2-3-18(16)14-28)24(32)30-15-19(27-23(31)21-4-5-22(26)35-21)13-20(30)25(33)29-8-10-34-11-9-29/h2-5,12,19-20H,6-11,13-15H2,1H3,(H,27,31). The molecule has 35 heavy (non-hydrogen) atoms. The third-order valence-electron chi connectivity index (χ3n) is 6.96. The lowest BCUT2D eigenvalue weighted by Gasteiger charge is -2.32. The van der Waals surface area contributed by atoms with Crippen LogP contribution in [0, 0.1) is 0 Å². The van der Waals surface area contributed by atoms with Gasteiger partial charge in [0.25, 0.3) is 11.8 Å². The van der Waals surface area contributed by atoms with E-state index in [4.69, 9.17) is 16.3 Å². The molecule has 2 aromatic rings. The van der Waals surface area contributed by atoms with Crippen LogP contribution in [0.15, 0.2) is 30.3 Å². The Morgan fingerprint density at radius 2 is 1.89 bits per heavy atom. The van der Waals surface area contributed by atoms with Crippen LogP contribution in [0.2, 0.25) is 4.34 Å². The molecule has 10 heteroatoms. The van der Waals surface area contributed by atoms with Gasteiger partial charge >= 0.3 is 0 Å². The maximum atomic E-state index is 13.7. The van der Waals surface area contributed by atoms with Gasteiger partial charge in [0, 0.05) is 44.3 Å². The summed E-state index contributed by atoms with van der Waals surface area (Å²) >= 11 is 7.19. The predicted octanol–water partition coefficient (Wildman–Crippen LogP) is 2.26. The quantitative estimate of drug-likeness (QED) is 0.674. The van der Waals surface area contributed by atoms with Gasteiger partial charge in [-0.3, -0.25) is 14.4 Å². The van der Waals surface area contributed by atoms with Crippen molar-refractivity contribution in [3.63, 3.8) is 0 Å². The molecule has 2 atom stereocenters. The van der Waals surface area contributed by atoms with E-state index in [0.717, 1.165) is 19.5 Å². The van der Waals surface area contributed by atoms with Crippen molar-refractivity contribution in [3.05, 3.63) is 56.2 Å². The number of likely N-dealkylation sites (tertiary alicyclic amines) is 1. The summed E-state index contributed by atoms with van der Waals surface area (Å²) in [4.78, 5) is 46.1. The Balaban J connectivity index is 1.37. The van der Waals surface area contributed by atoms with E-state index < -0.39 is 6.04 Å². The number of thiophene rings is 1. The molecule has 0 radical (unpaired) electrons. The lowest BCUT2D eigenvalue weighted by Crippen LogP contribution is -2.51. The van der Waals surface area contributed by atoms with Gasteiger partial charge in [-0.15, -0.1) is 11.3 Å². The molecule has 186 valence electrons. The second kappa shape index (κ2) is 10.3. The van der Waals surface area contributed by atoms with Crippen molar-refractivity contribution >= 4 is 40.7 Å². The van der Waals surface area contributed by atoms with Crippen molar-refractivity contribution < 1.29 is 19.1 Å². The Morgan fingerprint density at radius 1 is 1.09 bits per heavy atom. The van der Waals surface area contributed by atoms with Gasteiger partial charge in [-0.2, -0.15) is 0 Å². The van der Waals surface area contributed by atoms with Crippen LogP contribution < -0.4 is 5.32 Å². The maximum Gasteiger partial charge on any atom is 0.261 e. The van der Waals surface area contributed by atoms with Crippen LogP contribution in [0.25, 0.3) is 0 Å². The van der Waals surface area contributed by atoms with Crippen molar-refractivity contribution in [2.45, 2.75) is 31.5 Å². The molecular formula is C25H29ClN4O4S. The zero-order valence-electron chi connectivity index (χ0n) is 19.7. The van der Waals surface area contributed by atoms with Crippen molar-refractivity contribution in [1.82, 2.24) is 20.0 Å². The van der Waals surface area contributed by atoms with Crippen molar-refractivity contribution in [2.75, 3.05) is 46.4 Å². The molecular weight excluding hydrogens is 488 g/mol. The Bertz CT molecular complexity index is 1130. The predicted molar refractivity (Wildman–Crippen MR) is 134 cm³/mol. The van der Waals surface area contributed by atoms with E-state index in [-0.39, 0.29) is 30.3 Å². The highest BCUT2D eigenvalue weighted by atomic mass is 35.5. The monoisotopic (exact) mass is 516 g/mol. The third-order valence-corrected chi connectivity index (χ3v) is 8.19. The molecule has 0 bridgehead atoms. The number of amides is 3. The summed E-state index contributed by atoms with van der Waals surface area (Å²) in [5.41, 5.74) is 3.01. The first kappa shape index (κ1) is 24.2. The van der Waals surface area contributed by atoms with E-state index >= 15 is 0 Å². The molecule has 3 aliphatic heterocycles. The smallest absolute Gasteiger partial charge is 0.261 e. The number of halogens is 1. The van der Waals surface area contributed by atoms with Crippen molar-refractivity contribution in [3.8, 4) is 0 Å². The van der Waals surface area contributed by atoms with E-state index in [1.807, 2.05) is 18.2 Å². The van der Waals surface area contributed by atoms with Gasteiger partial charge in [-0.1, -0.05) is 17.7 Å². The fourth-order valence-electron chi connectivity index (χ4n) is 5.08. The summed E-state index contributed by atoms with van der Waals surface area (Å²) in [6.45, 7) is 4.10. The average molecular weight is 517 g/mol. The summed E-state index contributed by atoms with van der Waals surface area (Å²) < 4.78 is 5.94. The minimum Gasteiger partial charge on any atom is -0.378 e. The van der Waals surface area contributed by atoms with E-state index in [2.05, 4.69) is 17.3 Å². The summed E-state index contributed by atoms with van der Waals surface area (Å²) in [6.07, 6.45) is 1.27. The molecule has 1 aromatic carbocycles. The fourth-order valence-corrected chi connectivity index (χ4v) is 6.03. The topological polar surface area (TPSA) is 82.2 Å². The molecule has 0 aliphatic carbocycles. The molecule has 1 N–H and O–H groups in total. The minimum atomic E-state index is -0.625. The number of rotatable bonds is 4. The Hall–Kier alpha value is -2.46. The summed E-state index contributed by atoms with van der Waals surface area (Å²) in [7, 11) is 2.09. The number of hydrogen-bond donors (Lipinski definition) is 1. The summed E-state index contributed by atoms with van der Waals surface area (Å²) in [5.74, 6) is -0.497. The molecule has 2 unspecified atom stereocenters. The number of nitrogens with zero attached hydrogens (tertiary/aromatic N) is 3. The lowest BCUT2D eigenvalue weighted by atomic mass is 9.97. The number of fused-ring (bicyclic) bond motifs is 1. The van der Waals surface area contributed by atoms with E-state index in [0.29, 0.717) is 47.5 Å². The van der Waals surface area contributed by atoms with E-state index in [1.165, 1.54) is 22.5 Å². The first-order valence-corrected chi connectivity index (χ1v) is 13.1. The fraction of sp³-hybridized carbons (Fsp3) is 0.480. The second-order valence-electron chi connectivity index (χ2n) is 9.39. The molecule has 3 amide bonds. The van der Waals surface area contributed by atoms with Crippen molar-refractivity contribution in [1.29, 1.82) is 0 Å². The van der Waals surface area contributed by atoms with Crippen LogP contribution in [0.3, 0.4) is 0 Å². The second-order valence-corrected chi connectivity index (χ2v) is 11.1. The largest absolute Gasteiger partial charge is 0.378 e. The number of ether oxygens (including phenoxy) is 1. The molecule has 1 aromatic heterocycles. The van der Waals surface area contributed by atoms with Gasteiger partial charge in [0.05, 0.1) is 22.4 Å². The zero-order valence-corrected chi connectivity index (χ0v) is 21.2. The molecule has 5 rings (SSSR count). The van der Waals surface area contributed by atoms with Gasteiger partial charge in [0.15, 0.2) is 0 Å². The van der Waals surface area contributed by atoms with Crippen LogP contribution in [0.5, 0.6) is 0 Å². The molecule has 0 spiro atoms. The van der Waals surface area contributed by atoms with Crippen LogP contribution >= 0.6 is 22.9 Å². The number of carbonyl (C=O) groups excluding carboxylic acids is 3. The lowest BCUT2D eigenvalue weighted by molar-refractivity contribution is -0.139. The first-order valence-electron chi connectivity index (χ1n) is 11.9. The van der Waals surface area contributed by atoms with E-state index in [1.54, 1.807) is 21.9 Å². The highest BCUT2D eigenvalue weighted by Crippen LogP contribution is 2.27. The van der Waals surface area contributed by atoms with E-state index in [9.17, 15) is 14.4 Å². The Labute approximate surface area is 213 Å². The normalized spacial score (nSPS) is 22.7. The number of morpholine rings is 1. The third kappa shape index (κ3) is 5.23. The Morgan fingerprint density at radius 3 is 2.63 bits per heavy atom. The number of hydrogen-bond acceptors (Lipinski definition) is 6. The van der Waals surface area contributed by atoms with Crippen LogP contribution in [-0.4, -0.2) is 90.9 Å². The van der Waals surface area contributed by atoms with Gasteiger partial charge in [-0.05, 0) is 55.3 Å². The number of likely N-dealkylation sites (N-methyl/N-ethyl adjacent to an activating group) is 1. The molecule has 4 heterocycles. The molecule has 3 aliphatic rings. The first-order chi connectivity index (χ1) is 16.9. The molecule has 2 fully saturated rings. The summed E-state index contributed by atoms with van der Waals surface area (Å²) in [5, 5.41) is 3.01. The number of benzene rings is 1. The van der Waals surface area contributed by atoms with Gasteiger partial charge < -0.3 is 24.8 Å². The zero-order chi connectivity index (χ0) is 24.5. The van der Waals surface area contributed by atoms with Crippen LogP contribution in [0.4, 0.5) is 0 Å². The van der Waals surface area contributed by atoms with Gasteiger partial charge in [-0.25, -0.2) is 0 Å². The highest BCUT2D eigenvalue weighted by Gasteiger charge is 2.42. The average Bonchev–Trinajstić information content (AvgIpc) is 3.49. The van der Waals surface area contributed by atoms with Crippen molar-refractivity contribution in [2.24, 2.45) is 0 Å². The van der Waals surface area contributed by atoms with Gasteiger partial charge in [0.1, 0.15) is 6.04 Å². The van der Waals surface area contributed by atoms with Crippen LogP contribution in [-0.2, 0) is 22.5 Å². The minimum absolute atomic E-state index is 0.0860. The Kier molecular flexibility index (Phi) is 7.11. The van der Waals surface area contributed by atoms with Crippen LogP contribution in [0.1, 0.15) is 37.6 Å². The molecule has 0 saturated carbocycles. The maximum absolute atomic E-state index is 13.7. The SMILES string of the molecule is CN1CCc2cc(C(=O)N3CC(NC(=O)c4ccc(Cl)s4)CC3C(=O)N3CCOCC3)ccc2C1. The highest BCUT2D eigenvalue weighted by molar-refractivity contribution is 7.18. The summed E-state index contributed by atoms with van der Waals surface area (Å²) in [6, 6.07) is 8.27. The van der Waals surface area contributed by atoms with Gasteiger partial charge in [0.2, 0.25) is 5.91 Å². The number of carbonyl (C=O) groups is 3. The molecule has 2 saturated heterocycles.